The van der Waals surface area contributed by atoms with Gasteiger partial charge in [-0.2, -0.15) is 0 Å². The molecular weight excluding hydrogens is 300 g/mol. The van der Waals surface area contributed by atoms with Gasteiger partial charge in [-0.25, -0.2) is 0 Å². The summed E-state index contributed by atoms with van der Waals surface area (Å²) in [6.45, 7) is 5.65. The van der Waals surface area contributed by atoms with E-state index in [-0.39, 0.29) is 5.92 Å². The van der Waals surface area contributed by atoms with Crippen LogP contribution in [0.2, 0.25) is 0 Å². The van der Waals surface area contributed by atoms with Gasteiger partial charge in [0.05, 0.1) is 0 Å². The fourth-order valence-corrected chi connectivity index (χ4v) is 3.76. The van der Waals surface area contributed by atoms with Crippen LogP contribution >= 0.6 is 0 Å². The normalized spacial score (nSPS) is 20.6. The lowest BCUT2D eigenvalue weighted by molar-refractivity contribution is -0.137. The van der Waals surface area contributed by atoms with Crippen molar-refractivity contribution in [3.05, 3.63) is 30.3 Å². The Hall–Kier alpha value is -1.55. The van der Waals surface area contributed by atoms with E-state index in [0.717, 1.165) is 57.9 Å². The Labute approximate surface area is 145 Å². The zero-order valence-electron chi connectivity index (χ0n) is 14.7. The molecule has 0 aromatic heterocycles. The van der Waals surface area contributed by atoms with E-state index in [1.165, 1.54) is 25.7 Å². The van der Waals surface area contributed by atoms with Crippen molar-refractivity contribution < 1.29 is 9.53 Å². The largest absolute Gasteiger partial charge is 0.492 e. The molecule has 0 atom stereocenters. The molecule has 2 saturated heterocycles. The number of likely N-dealkylation sites (tertiary alicyclic amines) is 2. The van der Waals surface area contributed by atoms with Crippen molar-refractivity contribution in [2.24, 2.45) is 5.92 Å². The molecule has 2 fully saturated rings. The molecule has 1 amide bonds. The Kier molecular flexibility index (Phi) is 6.53. The van der Waals surface area contributed by atoms with Crippen molar-refractivity contribution >= 4 is 5.91 Å². The van der Waals surface area contributed by atoms with Gasteiger partial charge >= 0.3 is 0 Å². The third-order valence-electron chi connectivity index (χ3n) is 5.27. The lowest BCUT2D eigenvalue weighted by atomic mass is 9.95. The molecule has 24 heavy (non-hydrogen) atoms. The molecule has 4 heteroatoms. The van der Waals surface area contributed by atoms with Crippen molar-refractivity contribution in [3.63, 3.8) is 0 Å². The van der Waals surface area contributed by atoms with Crippen LogP contribution in [0.15, 0.2) is 30.3 Å². The summed E-state index contributed by atoms with van der Waals surface area (Å²) in [5.74, 6) is 1.59. The summed E-state index contributed by atoms with van der Waals surface area (Å²) >= 11 is 0. The first-order chi connectivity index (χ1) is 11.8. The number of rotatable bonds is 5. The van der Waals surface area contributed by atoms with Crippen LogP contribution in [0, 0.1) is 5.92 Å². The van der Waals surface area contributed by atoms with Crippen LogP contribution in [0.1, 0.15) is 38.5 Å². The van der Waals surface area contributed by atoms with Gasteiger partial charge in [-0.15, -0.1) is 0 Å². The van der Waals surface area contributed by atoms with E-state index < -0.39 is 0 Å². The van der Waals surface area contributed by atoms with Crippen LogP contribution in [-0.2, 0) is 4.79 Å². The summed E-state index contributed by atoms with van der Waals surface area (Å²) in [4.78, 5) is 17.3. The highest BCUT2D eigenvalue weighted by molar-refractivity contribution is 5.79. The third kappa shape index (κ3) is 4.97. The van der Waals surface area contributed by atoms with Crippen molar-refractivity contribution in [2.45, 2.75) is 38.5 Å². The Bertz CT molecular complexity index is 490. The summed E-state index contributed by atoms with van der Waals surface area (Å²) in [5.41, 5.74) is 0. The number of piperidine rings is 1. The van der Waals surface area contributed by atoms with Gasteiger partial charge in [0.15, 0.2) is 0 Å². The minimum Gasteiger partial charge on any atom is -0.492 e. The first-order valence-electron chi connectivity index (χ1n) is 9.52. The number of carbonyl (C=O) groups excluding carboxylic acids is 1. The number of benzene rings is 1. The standard InChI is InChI=1S/C20H30N2O2/c23-20(22-12-6-1-2-7-13-22)18-10-14-21(15-11-18)16-17-24-19-8-4-3-5-9-19/h3-5,8-9,18H,1-2,6-7,10-17H2. The van der Waals surface area contributed by atoms with Gasteiger partial charge in [-0.05, 0) is 50.9 Å². The molecule has 2 aliphatic heterocycles. The van der Waals surface area contributed by atoms with E-state index in [1.54, 1.807) is 0 Å². The fraction of sp³-hybridized carbons (Fsp3) is 0.650. The number of para-hydroxylation sites is 1. The number of ether oxygens (including phenoxy) is 1. The second-order valence-corrected chi connectivity index (χ2v) is 7.02. The van der Waals surface area contributed by atoms with Crippen LogP contribution in [0.5, 0.6) is 5.75 Å². The molecule has 1 aromatic rings. The Morgan fingerprint density at radius 3 is 2.29 bits per heavy atom. The molecule has 0 N–H and O–H groups in total. The molecule has 3 rings (SSSR count). The van der Waals surface area contributed by atoms with Gasteiger partial charge < -0.3 is 9.64 Å². The monoisotopic (exact) mass is 330 g/mol. The van der Waals surface area contributed by atoms with Gasteiger partial charge in [0.25, 0.3) is 0 Å². The second kappa shape index (κ2) is 9.07. The number of amides is 1. The topological polar surface area (TPSA) is 32.8 Å². The van der Waals surface area contributed by atoms with Gasteiger partial charge in [-0.3, -0.25) is 9.69 Å². The molecule has 0 spiro atoms. The minimum atomic E-state index is 0.245. The fourth-order valence-electron chi connectivity index (χ4n) is 3.76. The first-order valence-corrected chi connectivity index (χ1v) is 9.52. The van der Waals surface area contributed by atoms with Crippen molar-refractivity contribution in [2.75, 3.05) is 39.3 Å². The van der Waals surface area contributed by atoms with Crippen LogP contribution in [0.25, 0.3) is 0 Å². The van der Waals surface area contributed by atoms with Crippen molar-refractivity contribution in [3.8, 4) is 5.75 Å². The zero-order chi connectivity index (χ0) is 16.6. The minimum absolute atomic E-state index is 0.245. The maximum absolute atomic E-state index is 12.7. The van der Waals surface area contributed by atoms with E-state index in [9.17, 15) is 4.79 Å². The summed E-state index contributed by atoms with van der Waals surface area (Å²) < 4.78 is 5.78. The molecule has 0 aliphatic carbocycles. The van der Waals surface area contributed by atoms with Gasteiger partial charge in [0, 0.05) is 25.6 Å². The highest BCUT2D eigenvalue weighted by atomic mass is 16.5. The van der Waals surface area contributed by atoms with E-state index in [2.05, 4.69) is 9.80 Å². The number of nitrogens with zero attached hydrogens (tertiary/aromatic N) is 2. The van der Waals surface area contributed by atoms with Gasteiger partial charge in [-0.1, -0.05) is 31.0 Å². The Balaban J connectivity index is 1.36. The number of hydrogen-bond acceptors (Lipinski definition) is 3. The lowest BCUT2D eigenvalue weighted by Crippen LogP contribution is -2.43. The molecule has 1 aromatic carbocycles. The molecule has 2 heterocycles. The van der Waals surface area contributed by atoms with Crippen LogP contribution in [-0.4, -0.2) is 55.0 Å². The van der Waals surface area contributed by atoms with E-state index in [0.29, 0.717) is 5.91 Å². The molecule has 4 nitrogen and oxygen atoms in total. The summed E-state index contributed by atoms with van der Waals surface area (Å²) in [6.07, 6.45) is 6.93. The quantitative estimate of drug-likeness (QED) is 0.831. The van der Waals surface area contributed by atoms with E-state index in [1.807, 2.05) is 30.3 Å². The smallest absolute Gasteiger partial charge is 0.225 e. The maximum atomic E-state index is 12.7. The van der Waals surface area contributed by atoms with Crippen LogP contribution < -0.4 is 4.74 Å². The summed E-state index contributed by atoms with van der Waals surface area (Å²) in [7, 11) is 0. The molecule has 0 saturated carbocycles. The highest BCUT2D eigenvalue weighted by Crippen LogP contribution is 2.21. The number of carbonyl (C=O) groups is 1. The maximum Gasteiger partial charge on any atom is 0.225 e. The Morgan fingerprint density at radius 1 is 0.958 bits per heavy atom. The molecular formula is C20H30N2O2. The SMILES string of the molecule is O=C(C1CCN(CCOc2ccccc2)CC1)N1CCCCCC1. The average Bonchev–Trinajstić information content (AvgIpc) is 2.92. The third-order valence-corrected chi connectivity index (χ3v) is 5.27. The van der Waals surface area contributed by atoms with E-state index >= 15 is 0 Å². The van der Waals surface area contributed by atoms with Crippen LogP contribution in [0.4, 0.5) is 0 Å². The van der Waals surface area contributed by atoms with Gasteiger partial charge in [0.2, 0.25) is 5.91 Å². The average molecular weight is 330 g/mol. The summed E-state index contributed by atoms with van der Waals surface area (Å²) in [5, 5.41) is 0. The van der Waals surface area contributed by atoms with Gasteiger partial charge in [0.1, 0.15) is 12.4 Å². The highest BCUT2D eigenvalue weighted by Gasteiger charge is 2.28. The number of hydrogen-bond donors (Lipinski definition) is 0. The summed E-state index contributed by atoms with van der Waals surface area (Å²) in [6, 6.07) is 9.97. The second-order valence-electron chi connectivity index (χ2n) is 7.02. The molecule has 132 valence electrons. The molecule has 0 radical (unpaired) electrons. The zero-order valence-corrected chi connectivity index (χ0v) is 14.7. The molecule has 2 aliphatic rings. The predicted molar refractivity (Wildman–Crippen MR) is 96.1 cm³/mol. The van der Waals surface area contributed by atoms with Crippen molar-refractivity contribution in [1.29, 1.82) is 0 Å². The molecule has 0 unspecified atom stereocenters. The Morgan fingerprint density at radius 2 is 1.62 bits per heavy atom. The lowest BCUT2D eigenvalue weighted by Gasteiger charge is -2.33. The van der Waals surface area contributed by atoms with E-state index in [4.69, 9.17) is 4.74 Å². The molecule has 0 bridgehead atoms. The predicted octanol–water partition coefficient (Wildman–Crippen LogP) is 3.18. The van der Waals surface area contributed by atoms with Crippen LogP contribution in [0.3, 0.4) is 0 Å². The van der Waals surface area contributed by atoms with Crippen molar-refractivity contribution in [1.82, 2.24) is 9.80 Å². The first kappa shape index (κ1) is 17.3.